The van der Waals surface area contributed by atoms with Crippen LogP contribution in [0.15, 0.2) is 72.2 Å². The lowest BCUT2D eigenvalue weighted by atomic mass is 9.75. The van der Waals surface area contributed by atoms with Gasteiger partial charge in [0.05, 0.1) is 0 Å². The van der Waals surface area contributed by atoms with Crippen molar-refractivity contribution in [3.8, 4) is 16.9 Å². The highest BCUT2D eigenvalue weighted by Crippen LogP contribution is 2.55. The minimum atomic E-state index is -3.30. The van der Waals surface area contributed by atoms with Gasteiger partial charge in [-0.15, -0.1) is 0 Å². The van der Waals surface area contributed by atoms with Crippen LogP contribution in [0.2, 0.25) is 0 Å². The van der Waals surface area contributed by atoms with Crippen LogP contribution >= 0.6 is 0 Å². The molecule has 2 aliphatic rings. The van der Waals surface area contributed by atoms with E-state index < -0.39 is 24.2 Å². The zero-order valence-electron chi connectivity index (χ0n) is 16.5. The molecule has 5 rings (SSSR count). The Bertz CT molecular complexity index is 1120. The van der Waals surface area contributed by atoms with Crippen LogP contribution in [-0.4, -0.2) is 34.9 Å². The van der Waals surface area contributed by atoms with Gasteiger partial charge in [0.25, 0.3) is 5.92 Å². The number of aliphatic imine (C=N–C) groups is 1. The molecule has 1 aromatic heterocycles. The molecule has 31 heavy (non-hydrogen) atoms. The molecule has 0 saturated heterocycles. The van der Waals surface area contributed by atoms with E-state index in [1.807, 2.05) is 30.3 Å². The fraction of sp³-hybridized carbons (Fsp3) is 0.261. The van der Waals surface area contributed by atoms with Crippen LogP contribution in [0, 0.1) is 0 Å². The highest BCUT2D eigenvalue weighted by Gasteiger charge is 2.60. The number of benzene rings is 2. The molecule has 0 fully saturated rings. The zero-order valence-corrected chi connectivity index (χ0v) is 16.5. The van der Waals surface area contributed by atoms with Gasteiger partial charge in [0.1, 0.15) is 37.2 Å². The van der Waals surface area contributed by atoms with E-state index >= 15 is 8.78 Å². The second kappa shape index (κ2) is 7.39. The molecular formula is C23H20F2N4O2. The Morgan fingerprint density at radius 2 is 1.77 bits per heavy atom. The molecule has 8 heteroatoms. The van der Waals surface area contributed by atoms with E-state index in [9.17, 15) is 0 Å². The van der Waals surface area contributed by atoms with Gasteiger partial charge in [-0.25, -0.2) is 18.7 Å². The van der Waals surface area contributed by atoms with E-state index in [2.05, 4.69) is 15.0 Å². The van der Waals surface area contributed by atoms with Crippen molar-refractivity contribution in [2.75, 3.05) is 13.2 Å². The molecule has 2 aliphatic heterocycles. The number of aromatic nitrogens is 2. The first-order valence-corrected chi connectivity index (χ1v) is 9.90. The normalized spacial score (nSPS) is 24.6. The Labute approximate surface area is 177 Å². The van der Waals surface area contributed by atoms with Crippen molar-refractivity contribution in [3.63, 3.8) is 0 Å². The van der Waals surface area contributed by atoms with E-state index in [1.54, 1.807) is 30.6 Å². The van der Waals surface area contributed by atoms with E-state index in [0.29, 0.717) is 16.9 Å². The maximum absolute atomic E-state index is 15.7. The molecule has 3 aromatic rings. The van der Waals surface area contributed by atoms with Gasteiger partial charge in [-0.3, -0.25) is 4.99 Å². The van der Waals surface area contributed by atoms with Crippen LogP contribution in [-0.2, 0) is 10.3 Å². The van der Waals surface area contributed by atoms with Crippen LogP contribution in [0.25, 0.3) is 11.1 Å². The summed E-state index contributed by atoms with van der Waals surface area (Å²) in [4.78, 5) is 12.4. The average Bonchev–Trinajstić information content (AvgIpc) is 2.90. The maximum Gasteiger partial charge on any atom is 0.299 e. The Hall–Kier alpha value is -3.39. The zero-order chi connectivity index (χ0) is 21.5. The smallest absolute Gasteiger partial charge is 0.299 e. The Morgan fingerprint density at radius 3 is 2.55 bits per heavy atom. The minimum absolute atomic E-state index is 0.0327. The summed E-state index contributed by atoms with van der Waals surface area (Å²) in [5.74, 6) is -2.92. The Balaban J connectivity index is 1.72. The summed E-state index contributed by atoms with van der Waals surface area (Å²) < 4.78 is 42.8. The number of rotatable bonds is 2. The van der Waals surface area contributed by atoms with Crippen molar-refractivity contribution in [1.82, 2.24) is 9.97 Å². The molecule has 6 nitrogen and oxygen atoms in total. The number of hydrogen-bond donors (Lipinski definition) is 1. The van der Waals surface area contributed by atoms with E-state index in [0.717, 1.165) is 5.56 Å². The molecule has 0 bridgehead atoms. The lowest BCUT2D eigenvalue weighted by Gasteiger charge is -2.43. The van der Waals surface area contributed by atoms with Crippen LogP contribution < -0.4 is 10.5 Å². The highest BCUT2D eigenvalue weighted by atomic mass is 19.3. The van der Waals surface area contributed by atoms with E-state index in [-0.39, 0.29) is 24.4 Å². The molecular weight excluding hydrogens is 402 g/mol. The number of nitrogens with two attached hydrogens (primary N) is 1. The Kier molecular flexibility index (Phi) is 4.66. The van der Waals surface area contributed by atoms with Gasteiger partial charge in [0.15, 0.2) is 5.54 Å². The minimum Gasteiger partial charge on any atom is -0.485 e. The van der Waals surface area contributed by atoms with Gasteiger partial charge in [-0.1, -0.05) is 36.4 Å². The fourth-order valence-corrected chi connectivity index (χ4v) is 4.23. The molecule has 0 aliphatic carbocycles. The number of ether oxygens (including phenoxy) is 2. The topological polar surface area (TPSA) is 82.6 Å². The van der Waals surface area contributed by atoms with Gasteiger partial charge in [0.2, 0.25) is 0 Å². The monoisotopic (exact) mass is 422 g/mol. The third-order valence-electron chi connectivity index (χ3n) is 5.71. The maximum atomic E-state index is 15.7. The summed E-state index contributed by atoms with van der Waals surface area (Å²) in [5.41, 5.74) is 6.53. The fourth-order valence-electron chi connectivity index (χ4n) is 4.23. The lowest BCUT2D eigenvalue weighted by Crippen LogP contribution is -2.50. The van der Waals surface area contributed by atoms with Gasteiger partial charge in [-0.05, 0) is 23.3 Å². The van der Waals surface area contributed by atoms with Crippen LogP contribution in [0.1, 0.15) is 23.7 Å². The number of amidine groups is 1. The first-order valence-electron chi connectivity index (χ1n) is 9.90. The lowest BCUT2D eigenvalue weighted by molar-refractivity contribution is -0.136. The van der Waals surface area contributed by atoms with E-state index in [1.165, 1.54) is 6.33 Å². The molecule has 3 heterocycles. The van der Waals surface area contributed by atoms with Gasteiger partial charge in [-0.2, -0.15) is 0 Å². The largest absolute Gasteiger partial charge is 0.485 e. The number of hydrogen-bond acceptors (Lipinski definition) is 6. The molecule has 2 aromatic carbocycles. The summed E-state index contributed by atoms with van der Waals surface area (Å²) >= 11 is 0. The standard InChI is InChI=1S/C23H20F2N4O2/c24-23(25)13-30-12-21(26)29-22(23)9-20(15-4-2-1-3-5-15)31-19-7-6-16(8-18(19)22)17-10-27-14-28-11-17/h1-8,10-11,14,20H,9,12-13H2,(H2,26,29). The summed E-state index contributed by atoms with van der Waals surface area (Å²) in [7, 11) is 0. The first-order chi connectivity index (χ1) is 15.0. The van der Waals surface area contributed by atoms with Gasteiger partial charge in [0, 0.05) is 29.9 Å². The van der Waals surface area contributed by atoms with Crippen molar-refractivity contribution in [2.24, 2.45) is 10.7 Å². The van der Waals surface area contributed by atoms with Crippen molar-refractivity contribution >= 4 is 5.84 Å². The quantitative estimate of drug-likeness (QED) is 0.678. The number of alkyl halides is 2. The van der Waals surface area contributed by atoms with Crippen molar-refractivity contribution in [1.29, 1.82) is 0 Å². The third-order valence-corrected chi connectivity index (χ3v) is 5.71. The molecule has 158 valence electrons. The van der Waals surface area contributed by atoms with Crippen molar-refractivity contribution < 1.29 is 18.3 Å². The van der Waals surface area contributed by atoms with Crippen molar-refractivity contribution in [2.45, 2.75) is 24.0 Å². The predicted octanol–water partition coefficient (Wildman–Crippen LogP) is 3.89. The number of fused-ring (bicyclic) bond motifs is 2. The van der Waals surface area contributed by atoms with Crippen LogP contribution in [0.4, 0.5) is 8.78 Å². The highest BCUT2D eigenvalue weighted by molar-refractivity contribution is 5.83. The number of nitrogens with zero attached hydrogens (tertiary/aromatic N) is 3. The van der Waals surface area contributed by atoms with Gasteiger partial charge < -0.3 is 15.2 Å². The average molecular weight is 422 g/mol. The SMILES string of the molecule is NC1=NC2(CC(c3ccccc3)Oc3ccc(-c4cncnc4)cc32)C(F)(F)COC1. The van der Waals surface area contributed by atoms with Gasteiger partial charge >= 0.3 is 0 Å². The molecule has 2 atom stereocenters. The molecule has 0 amide bonds. The summed E-state index contributed by atoms with van der Waals surface area (Å²) in [6, 6.07) is 14.5. The second-order valence-electron chi connectivity index (χ2n) is 7.72. The summed E-state index contributed by atoms with van der Waals surface area (Å²) in [6.45, 7) is -0.924. The predicted molar refractivity (Wildman–Crippen MR) is 111 cm³/mol. The summed E-state index contributed by atoms with van der Waals surface area (Å²) in [5, 5.41) is 0. The molecule has 1 spiro atoms. The first kappa shape index (κ1) is 19.6. The molecule has 2 unspecified atom stereocenters. The van der Waals surface area contributed by atoms with Crippen LogP contribution in [0.5, 0.6) is 5.75 Å². The second-order valence-corrected chi connectivity index (χ2v) is 7.72. The third kappa shape index (κ3) is 3.33. The van der Waals surface area contributed by atoms with Crippen LogP contribution in [0.3, 0.4) is 0 Å². The Morgan fingerprint density at radius 1 is 1.00 bits per heavy atom. The van der Waals surface area contributed by atoms with E-state index in [4.69, 9.17) is 15.2 Å². The number of halogens is 2. The molecule has 0 saturated carbocycles. The summed E-state index contributed by atoms with van der Waals surface area (Å²) in [6.07, 6.45) is 3.99. The molecule has 0 radical (unpaired) electrons. The van der Waals surface area contributed by atoms with Crippen molar-refractivity contribution in [3.05, 3.63) is 78.4 Å². The molecule has 2 N–H and O–H groups in total.